The fourth-order valence-corrected chi connectivity index (χ4v) is 3.10. The van der Waals surface area contributed by atoms with Gasteiger partial charge in [-0.2, -0.15) is 12.7 Å². The zero-order valence-electron chi connectivity index (χ0n) is 13.1. The lowest BCUT2D eigenvalue weighted by molar-refractivity contribution is 0.0838. The summed E-state index contributed by atoms with van der Waals surface area (Å²) in [6.07, 6.45) is -1.32. The van der Waals surface area contributed by atoms with E-state index in [4.69, 9.17) is 10.5 Å². The highest BCUT2D eigenvalue weighted by Gasteiger charge is 2.33. The molecule has 0 aromatic carbocycles. The van der Waals surface area contributed by atoms with Gasteiger partial charge in [-0.25, -0.2) is 9.52 Å². The monoisotopic (exact) mass is 322 g/mol. The third kappa shape index (κ3) is 5.10. The molecule has 21 heavy (non-hydrogen) atoms. The zero-order valence-corrected chi connectivity index (χ0v) is 13.9. The van der Waals surface area contributed by atoms with E-state index in [1.165, 1.54) is 4.31 Å². The third-order valence-electron chi connectivity index (χ3n) is 3.49. The second-order valence-electron chi connectivity index (χ2n) is 5.96. The maximum Gasteiger partial charge on any atom is 0.422 e. The van der Waals surface area contributed by atoms with Crippen molar-refractivity contribution in [2.45, 2.75) is 39.3 Å². The van der Waals surface area contributed by atoms with Crippen molar-refractivity contribution in [3.05, 3.63) is 0 Å². The number of piperazine rings is 1. The molecule has 124 valence electrons. The third-order valence-corrected chi connectivity index (χ3v) is 4.96. The summed E-state index contributed by atoms with van der Waals surface area (Å²) in [5.41, 5.74) is 5.56. The summed E-state index contributed by atoms with van der Waals surface area (Å²) in [6, 6.07) is 0. The van der Waals surface area contributed by atoms with Gasteiger partial charge in [0.25, 0.3) is 0 Å². The highest BCUT2D eigenvalue weighted by Crippen LogP contribution is 2.16. The van der Waals surface area contributed by atoms with Crippen molar-refractivity contribution >= 4 is 16.3 Å². The van der Waals surface area contributed by atoms with Crippen LogP contribution in [0, 0.1) is 0 Å². The van der Waals surface area contributed by atoms with Crippen LogP contribution in [-0.2, 0) is 14.9 Å². The summed E-state index contributed by atoms with van der Waals surface area (Å²) in [5, 5.41) is 0. The Morgan fingerprint density at radius 3 is 2.24 bits per heavy atom. The fraction of sp³-hybridized carbons (Fsp3) is 0.917. The van der Waals surface area contributed by atoms with Crippen molar-refractivity contribution in [1.82, 2.24) is 13.9 Å². The number of carbonyl (C=O) groups is 1. The molecule has 0 aromatic heterocycles. The molecule has 0 spiro atoms. The van der Waals surface area contributed by atoms with E-state index in [9.17, 15) is 13.2 Å². The van der Waals surface area contributed by atoms with Gasteiger partial charge in [0.1, 0.15) is 0 Å². The molecule has 0 atom stereocenters. The quantitative estimate of drug-likeness (QED) is 0.721. The van der Waals surface area contributed by atoms with Gasteiger partial charge in [-0.05, 0) is 27.7 Å². The molecule has 8 nitrogen and oxygen atoms in total. The van der Waals surface area contributed by atoms with Gasteiger partial charge >= 0.3 is 16.3 Å². The van der Waals surface area contributed by atoms with Gasteiger partial charge in [0, 0.05) is 38.3 Å². The van der Waals surface area contributed by atoms with Gasteiger partial charge < -0.3 is 10.5 Å². The lowest BCUT2D eigenvalue weighted by atomic mass is 10.0. The maximum atomic E-state index is 12.1. The Balaban J connectivity index is 2.58. The number of nitrogens with zero attached hydrogens (tertiary/aromatic N) is 2. The molecular formula is C12H26N4O4S. The molecule has 1 amide bonds. The molecule has 1 saturated heterocycles. The lowest BCUT2D eigenvalue weighted by Crippen LogP contribution is -2.59. The van der Waals surface area contributed by atoms with Crippen LogP contribution >= 0.6 is 0 Å². The smallest absolute Gasteiger partial charge is 0.422 e. The maximum absolute atomic E-state index is 12.1. The summed E-state index contributed by atoms with van der Waals surface area (Å²) >= 11 is 0. The second-order valence-corrected chi connectivity index (χ2v) is 7.63. The molecule has 0 bridgehead atoms. The second kappa shape index (κ2) is 6.91. The van der Waals surface area contributed by atoms with E-state index in [1.54, 1.807) is 13.8 Å². The normalized spacial score (nSPS) is 18.8. The first kappa shape index (κ1) is 18.1. The molecule has 1 fully saturated rings. The number of nitrogens with two attached hydrogens (primary N) is 1. The topological polar surface area (TPSA) is 105 Å². The van der Waals surface area contributed by atoms with Crippen LogP contribution in [-0.4, -0.2) is 68.1 Å². The van der Waals surface area contributed by atoms with E-state index < -0.39 is 16.3 Å². The average molecular weight is 322 g/mol. The summed E-state index contributed by atoms with van der Waals surface area (Å²) < 4.78 is 32.1. The Morgan fingerprint density at radius 1 is 1.29 bits per heavy atom. The summed E-state index contributed by atoms with van der Waals surface area (Å²) in [6.45, 7) is 9.62. The number of amides is 1. The van der Waals surface area contributed by atoms with Crippen molar-refractivity contribution < 1.29 is 17.9 Å². The number of rotatable bonds is 5. The molecule has 1 aliphatic rings. The van der Waals surface area contributed by atoms with Crippen LogP contribution in [0.25, 0.3) is 0 Å². The van der Waals surface area contributed by atoms with E-state index in [0.29, 0.717) is 32.7 Å². The van der Waals surface area contributed by atoms with Crippen LogP contribution in [0.3, 0.4) is 0 Å². The highest BCUT2D eigenvalue weighted by atomic mass is 32.2. The molecule has 0 saturated carbocycles. The molecule has 9 heteroatoms. The van der Waals surface area contributed by atoms with Gasteiger partial charge in [0.05, 0.1) is 6.10 Å². The van der Waals surface area contributed by atoms with E-state index in [2.05, 4.69) is 4.90 Å². The minimum Gasteiger partial charge on any atom is -0.446 e. The Morgan fingerprint density at radius 2 is 1.81 bits per heavy atom. The van der Waals surface area contributed by atoms with Gasteiger partial charge in [0.15, 0.2) is 0 Å². The predicted molar refractivity (Wildman–Crippen MR) is 80.0 cm³/mol. The molecular weight excluding hydrogens is 296 g/mol. The number of hydrogen-bond donors (Lipinski definition) is 2. The van der Waals surface area contributed by atoms with Crippen LogP contribution in [0.1, 0.15) is 27.7 Å². The molecule has 1 rings (SSSR count). The number of hydrogen-bond acceptors (Lipinski definition) is 6. The number of ether oxygens (including phenoxy) is 1. The first-order chi connectivity index (χ1) is 9.58. The SMILES string of the molecule is CC(C)OC(=O)NS(=O)(=O)N1CCN(C(C)(C)CN)CC1. The molecule has 0 unspecified atom stereocenters. The number of nitrogens with one attached hydrogen (secondary N) is 1. The molecule has 0 aliphatic carbocycles. The minimum absolute atomic E-state index is 0.167. The largest absolute Gasteiger partial charge is 0.446 e. The van der Waals surface area contributed by atoms with Crippen LogP contribution < -0.4 is 10.5 Å². The summed E-state index contributed by atoms with van der Waals surface area (Å²) in [4.78, 5) is 13.6. The zero-order chi connectivity index (χ0) is 16.3. The van der Waals surface area contributed by atoms with E-state index in [0.717, 1.165) is 0 Å². The van der Waals surface area contributed by atoms with Crippen molar-refractivity contribution in [2.24, 2.45) is 5.73 Å². The van der Waals surface area contributed by atoms with Crippen molar-refractivity contribution in [2.75, 3.05) is 32.7 Å². The van der Waals surface area contributed by atoms with Crippen molar-refractivity contribution in [3.8, 4) is 0 Å². The Hall–Kier alpha value is -0.900. The highest BCUT2D eigenvalue weighted by molar-refractivity contribution is 7.87. The van der Waals surface area contributed by atoms with E-state index in [-0.39, 0.29) is 11.6 Å². The molecule has 3 N–H and O–H groups in total. The van der Waals surface area contributed by atoms with Gasteiger partial charge in [0.2, 0.25) is 0 Å². The molecule has 0 radical (unpaired) electrons. The van der Waals surface area contributed by atoms with Gasteiger partial charge in [-0.1, -0.05) is 0 Å². The molecule has 0 aromatic rings. The summed E-state index contributed by atoms with van der Waals surface area (Å²) in [7, 11) is -3.85. The molecule has 1 aliphatic heterocycles. The van der Waals surface area contributed by atoms with Crippen LogP contribution in [0.2, 0.25) is 0 Å². The first-order valence-electron chi connectivity index (χ1n) is 7.02. The van der Waals surface area contributed by atoms with Crippen LogP contribution in [0.5, 0.6) is 0 Å². The number of carbonyl (C=O) groups excluding carboxylic acids is 1. The standard InChI is InChI=1S/C12H26N4O4S/c1-10(2)20-11(17)14-21(18,19)16-7-5-15(6-8-16)12(3,4)9-13/h10H,5-9,13H2,1-4H3,(H,14,17). The fourth-order valence-electron chi connectivity index (χ4n) is 2.07. The van der Waals surface area contributed by atoms with Crippen LogP contribution in [0.4, 0.5) is 4.79 Å². The van der Waals surface area contributed by atoms with E-state index in [1.807, 2.05) is 18.6 Å². The molecule has 1 heterocycles. The van der Waals surface area contributed by atoms with Crippen molar-refractivity contribution in [3.63, 3.8) is 0 Å². The van der Waals surface area contributed by atoms with Crippen molar-refractivity contribution in [1.29, 1.82) is 0 Å². The minimum atomic E-state index is -3.85. The van der Waals surface area contributed by atoms with Crippen LogP contribution in [0.15, 0.2) is 0 Å². The van der Waals surface area contributed by atoms with E-state index >= 15 is 0 Å². The predicted octanol–water partition coefficient (Wildman–Crippen LogP) is -0.279. The van der Waals surface area contributed by atoms with Gasteiger partial charge in [-0.3, -0.25) is 4.90 Å². The Kier molecular flexibility index (Phi) is 5.97. The van der Waals surface area contributed by atoms with Gasteiger partial charge in [-0.15, -0.1) is 0 Å². The lowest BCUT2D eigenvalue weighted by Gasteiger charge is -2.42. The Bertz CT molecular complexity index is 456. The average Bonchev–Trinajstić information content (AvgIpc) is 2.37. The first-order valence-corrected chi connectivity index (χ1v) is 8.46. The summed E-state index contributed by atoms with van der Waals surface area (Å²) in [5.74, 6) is 0. The Labute approximate surface area is 126 Å².